The van der Waals surface area contributed by atoms with Crippen molar-refractivity contribution in [2.75, 3.05) is 19.7 Å². The molecule has 6 nitrogen and oxygen atoms in total. The van der Waals surface area contributed by atoms with E-state index in [1.165, 1.54) is 0 Å². The zero-order valence-electron chi connectivity index (χ0n) is 14.5. The monoisotopic (exact) mass is 338 g/mol. The number of fused-ring (bicyclic) bond motifs is 1. The van der Waals surface area contributed by atoms with Crippen molar-refractivity contribution in [3.05, 3.63) is 42.9 Å². The molecule has 6 heteroatoms. The Kier molecular flexibility index (Phi) is 4.38. The van der Waals surface area contributed by atoms with E-state index in [9.17, 15) is 0 Å². The Bertz CT molecular complexity index is 877. The molecule has 0 aromatic carbocycles. The van der Waals surface area contributed by atoms with Gasteiger partial charge in [-0.05, 0) is 31.2 Å². The van der Waals surface area contributed by atoms with Gasteiger partial charge in [0.2, 0.25) is 5.88 Å². The predicted octanol–water partition coefficient (Wildman–Crippen LogP) is 2.39. The van der Waals surface area contributed by atoms with E-state index in [2.05, 4.69) is 17.2 Å². The standard InChI is InChI=1S/C19H22N4O2/c1-13-9-20-10-15(25-13)12-24-19-16-4-3-6-21-18(16)8-17(22-19)14-5-7-23(2)11-14/h3-8,11,13,15,20H,9-10,12H2,1-2H3/t13-,15+/m1/s1. The van der Waals surface area contributed by atoms with Gasteiger partial charge in [-0.3, -0.25) is 4.98 Å². The average molecular weight is 338 g/mol. The minimum Gasteiger partial charge on any atom is -0.474 e. The van der Waals surface area contributed by atoms with Crippen LogP contribution in [0.3, 0.4) is 0 Å². The van der Waals surface area contributed by atoms with Crippen LogP contribution in [0.1, 0.15) is 6.92 Å². The normalized spacial score (nSPS) is 20.7. The minimum absolute atomic E-state index is 0.0256. The molecule has 130 valence electrons. The van der Waals surface area contributed by atoms with Crippen LogP contribution in [0.2, 0.25) is 0 Å². The first kappa shape index (κ1) is 16.1. The lowest BCUT2D eigenvalue weighted by molar-refractivity contribution is -0.0474. The number of ether oxygens (including phenoxy) is 2. The summed E-state index contributed by atoms with van der Waals surface area (Å²) in [6.45, 7) is 4.20. The molecule has 1 saturated heterocycles. The number of nitrogens with one attached hydrogen (secondary N) is 1. The fourth-order valence-electron chi connectivity index (χ4n) is 3.10. The minimum atomic E-state index is 0.0256. The van der Waals surface area contributed by atoms with E-state index in [4.69, 9.17) is 14.5 Å². The van der Waals surface area contributed by atoms with Crippen LogP contribution in [0.25, 0.3) is 22.2 Å². The molecule has 1 fully saturated rings. The Morgan fingerprint density at radius 3 is 3.08 bits per heavy atom. The average Bonchev–Trinajstić information content (AvgIpc) is 3.06. The number of pyridine rings is 2. The van der Waals surface area contributed by atoms with Crippen molar-refractivity contribution in [3.63, 3.8) is 0 Å². The van der Waals surface area contributed by atoms with Crippen LogP contribution in [0, 0.1) is 0 Å². The van der Waals surface area contributed by atoms with Crippen LogP contribution in [-0.4, -0.2) is 46.4 Å². The van der Waals surface area contributed by atoms with Crippen molar-refractivity contribution in [2.24, 2.45) is 7.05 Å². The van der Waals surface area contributed by atoms with Gasteiger partial charge >= 0.3 is 0 Å². The molecule has 0 unspecified atom stereocenters. The van der Waals surface area contributed by atoms with Crippen LogP contribution in [0.15, 0.2) is 42.9 Å². The van der Waals surface area contributed by atoms with Crippen LogP contribution in [-0.2, 0) is 11.8 Å². The smallest absolute Gasteiger partial charge is 0.223 e. The summed E-state index contributed by atoms with van der Waals surface area (Å²) in [5, 5.41) is 4.27. The van der Waals surface area contributed by atoms with Crippen molar-refractivity contribution in [3.8, 4) is 17.1 Å². The highest BCUT2D eigenvalue weighted by molar-refractivity contribution is 5.86. The number of nitrogens with zero attached hydrogens (tertiary/aromatic N) is 3. The third-order valence-corrected chi connectivity index (χ3v) is 4.33. The second-order valence-corrected chi connectivity index (χ2v) is 6.49. The second-order valence-electron chi connectivity index (χ2n) is 6.49. The zero-order valence-corrected chi connectivity index (χ0v) is 14.5. The van der Waals surface area contributed by atoms with Crippen LogP contribution >= 0.6 is 0 Å². The number of morpholine rings is 1. The molecular formula is C19H22N4O2. The molecular weight excluding hydrogens is 316 g/mol. The first-order valence-corrected chi connectivity index (χ1v) is 8.56. The maximum atomic E-state index is 6.05. The Morgan fingerprint density at radius 1 is 1.36 bits per heavy atom. The Morgan fingerprint density at radius 2 is 2.28 bits per heavy atom. The van der Waals surface area contributed by atoms with Crippen LogP contribution < -0.4 is 10.1 Å². The Labute approximate surface area is 146 Å². The van der Waals surface area contributed by atoms with Gasteiger partial charge in [-0.15, -0.1) is 0 Å². The molecule has 1 aliphatic heterocycles. The van der Waals surface area contributed by atoms with Crippen molar-refractivity contribution < 1.29 is 9.47 Å². The lowest BCUT2D eigenvalue weighted by Gasteiger charge is -2.28. The molecule has 0 amide bonds. The Hall–Kier alpha value is -2.44. The third-order valence-electron chi connectivity index (χ3n) is 4.33. The van der Waals surface area contributed by atoms with E-state index in [1.807, 2.05) is 48.3 Å². The molecule has 3 aromatic rings. The topological polar surface area (TPSA) is 61.2 Å². The largest absolute Gasteiger partial charge is 0.474 e. The highest BCUT2D eigenvalue weighted by Crippen LogP contribution is 2.28. The number of aromatic nitrogens is 3. The van der Waals surface area contributed by atoms with Gasteiger partial charge < -0.3 is 19.4 Å². The summed E-state index contributed by atoms with van der Waals surface area (Å²) in [6.07, 6.45) is 6.05. The summed E-state index contributed by atoms with van der Waals surface area (Å²) in [6, 6.07) is 7.93. The second kappa shape index (κ2) is 6.82. The van der Waals surface area contributed by atoms with Gasteiger partial charge in [-0.2, -0.15) is 0 Å². The van der Waals surface area contributed by atoms with Crippen molar-refractivity contribution in [1.82, 2.24) is 19.9 Å². The molecule has 1 N–H and O–H groups in total. The van der Waals surface area contributed by atoms with Crippen molar-refractivity contribution >= 4 is 10.9 Å². The highest BCUT2D eigenvalue weighted by atomic mass is 16.5. The first-order chi connectivity index (χ1) is 12.2. The summed E-state index contributed by atoms with van der Waals surface area (Å²) < 4.78 is 14.0. The van der Waals surface area contributed by atoms with Crippen molar-refractivity contribution in [2.45, 2.75) is 19.1 Å². The molecule has 2 atom stereocenters. The summed E-state index contributed by atoms with van der Waals surface area (Å²) in [5.41, 5.74) is 2.78. The predicted molar refractivity (Wildman–Crippen MR) is 96.6 cm³/mol. The van der Waals surface area contributed by atoms with Gasteiger partial charge in [-0.1, -0.05) is 0 Å². The summed E-state index contributed by atoms with van der Waals surface area (Å²) in [4.78, 5) is 9.21. The third kappa shape index (κ3) is 3.50. The van der Waals surface area contributed by atoms with E-state index in [-0.39, 0.29) is 12.2 Å². The molecule has 0 saturated carbocycles. The number of hydrogen-bond acceptors (Lipinski definition) is 5. The number of rotatable bonds is 4. The molecule has 0 radical (unpaired) electrons. The summed E-state index contributed by atoms with van der Waals surface area (Å²) in [7, 11) is 1.99. The first-order valence-electron chi connectivity index (χ1n) is 8.56. The lowest BCUT2D eigenvalue weighted by Crippen LogP contribution is -2.45. The van der Waals surface area contributed by atoms with E-state index < -0.39 is 0 Å². The zero-order chi connectivity index (χ0) is 17.2. The van der Waals surface area contributed by atoms with E-state index >= 15 is 0 Å². The maximum Gasteiger partial charge on any atom is 0.223 e. The number of hydrogen-bond donors (Lipinski definition) is 1. The van der Waals surface area contributed by atoms with Crippen LogP contribution in [0.5, 0.6) is 5.88 Å². The summed E-state index contributed by atoms with van der Waals surface area (Å²) in [5.74, 6) is 0.603. The van der Waals surface area contributed by atoms with E-state index in [0.717, 1.165) is 35.2 Å². The SMILES string of the molecule is C[C@@H]1CNC[C@@H](COc2nc(-c3ccn(C)c3)cc3ncccc23)O1. The van der Waals surface area contributed by atoms with E-state index in [1.54, 1.807) is 6.20 Å². The van der Waals surface area contributed by atoms with Gasteiger partial charge in [0.15, 0.2) is 0 Å². The fraction of sp³-hybridized carbons (Fsp3) is 0.368. The summed E-state index contributed by atoms with van der Waals surface area (Å²) >= 11 is 0. The van der Waals surface area contributed by atoms with Crippen LogP contribution in [0.4, 0.5) is 0 Å². The van der Waals surface area contributed by atoms with Gasteiger partial charge in [0.05, 0.1) is 22.7 Å². The van der Waals surface area contributed by atoms with Gasteiger partial charge in [-0.25, -0.2) is 4.98 Å². The lowest BCUT2D eigenvalue weighted by atomic mass is 10.1. The van der Waals surface area contributed by atoms with Gasteiger partial charge in [0.25, 0.3) is 0 Å². The molecule has 4 rings (SSSR count). The highest BCUT2D eigenvalue weighted by Gasteiger charge is 2.20. The quantitative estimate of drug-likeness (QED) is 0.791. The molecule has 25 heavy (non-hydrogen) atoms. The van der Waals surface area contributed by atoms with Gasteiger partial charge in [0.1, 0.15) is 12.7 Å². The molecule has 0 aliphatic carbocycles. The Balaban J connectivity index is 1.64. The fourth-order valence-corrected chi connectivity index (χ4v) is 3.10. The van der Waals surface area contributed by atoms with E-state index in [0.29, 0.717) is 12.5 Å². The molecule has 0 bridgehead atoms. The molecule has 0 spiro atoms. The molecule has 4 heterocycles. The maximum absolute atomic E-state index is 6.05. The van der Waals surface area contributed by atoms with Crippen molar-refractivity contribution in [1.29, 1.82) is 0 Å². The molecule has 1 aliphatic rings. The molecule has 3 aromatic heterocycles. The number of aryl methyl sites for hydroxylation is 1. The van der Waals surface area contributed by atoms with Gasteiger partial charge in [0, 0.05) is 44.3 Å².